The molecule has 3 heteroatoms. The molecule has 0 aromatic carbocycles. The van der Waals surface area contributed by atoms with E-state index in [9.17, 15) is 9.90 Å². The summed E-state index contributed by atoms with van der Waals surface area (Å²) in [6.07, 6.45) is 10.6. The summed E-state index contributed by atoms with van der Waals surface area (Å²) in [4.78, 5) is 13.4. The second-order valence-electron chi connectivity index (χ2n) is 5.48. The molecule has 0 bridgehead atoms. The molecule has 0 aliphatic rings. The van der Waals surface area contributed by atoms with Gasteiger partial charge in [0.15, 0.2) is 0 Å². The summed E-state index contributed by atoms with van der Waals surface area (Å²) >= 11 is 0. The summed E-state index contributed by atoms with van der Waals surface area (Å²) in [6, 6.07) is 0.250. The van der Waals surface area contributed by atoms with Crippen LogP contribution in [0.5, 0.6) is 0 Å². The molecule has 0 amide bonds. The molecule has 0 aromatic heterocycles. The van der Waals surface area contributed by atoms with E-state index >= 15 is 0 Å². The zero-order chi connectivity index (χ0) is 14.7. The first-order chi connectivity index (χ1) is 9.02. The normalized spacial score (nSPS) is 13.8. The molecule has 0 aromatic rings. The number of carboxylic acids is 1. The monoisotopic (exact) mass is 269 g/mol. The van der Waals surface area contributed by atoms with Crippen molar-refractivity contribution >= 4 is 5.97 Å². The second kappa shape index (κ2) is 11.0. The molecule has 0 spiro atoms. The van der Waals surface area contributed by atoms with Crippen LogP contribution in [0.25, 0.3) is 0 Å². The van der Waals surface area contributed by atoms with Gasteiger partial charge in [-0.25, -0.2) is 4.79 Å². The quantitative estimate of drug-likeness (QED) is 0.454. The molecular weight excluding hydrogens is 238 g/mol. The van der Waals surface area contributed by atoms with Gasteiger partial charge in [-0.2, -0.15) is 0 Å². The van der Waals surface area contributed by atoms with Crippen molar-refractivity contribution < 1.29 is 9.90 Å². The molecule has 0 saturated heterocycles. The number of rotatable bonds is 11. The summed E-state index contributed by atoms with van der Waals surface area (Å²) in [5.74, 6) is -0.756. The van der Waals surface area contributed by atoms with Crippen LogP contribution in [0.2, 0.25) is 0 Å². The van der Waals surface area contributed by atoms with E-state index in [-0.39, 0.29) is 6.04 Å². The van der Waals surface area contributed by atoms with Gasteiger partial charge in [-0.1, -0.05) is 52.0 Å². The summed E-state index contributed by atoms with van der Waals surface area (Å²) in [5.41, 5.74) is 0.580. The Morgan fingerprint density at radius 3 is 2.21 bits per heavy atom. The van der Waals surface area contributed by atoms with Gasteiger partial charge in [-0.05, 0) is 33.4 Å². The number of carboxylic acid groups (broad SMARTS) is 1. The van der Waals surface area contributed by atoms with Crippen LogP contribution in [0.3, 0.4) is 0 Å². The van der Waals surface area contributed by atoms with Crippen molar-refractivity contribution in [3.05, 3.63) is 11.6 Å². The Labute approximate surface area is 118 Å². The first kappa shape index (κ1) is 18.2. The van der Waals surface area contributed by atoms with E-state index in [0.29, 0.717) is 12.0 Å². The standard InChI is InChI=1S/C16H31NO2/c1-5-7-9-10-12-15(17(3)4)13-14(16(18)19)11-8-6-2/h13,15H,5-12H2,1-4H3,(H,18,19)/b14-13+. The van der Waals surface area contributed by atoms with E-state index < -0.39 is 5.97 Å². The van der Waals surface area contributed by atoms with Crippen molar-refractivity contribution in [2.24, 2.45) is 0 Å². The third kappa shape index (κ3) is 8.82. The van der Waals surface area contributed by atoms with Gasteiger partial charge in [-0.15, -0.1) is 0 Å². The van der Waals surface area contributed by atoms with Crippen molar-refractivity contribution in [2.75, 3.05) is 14.1 Å². The van der Waals surface area contributed by atoms with Crippen molar-refractivity contribution in [1.29, 1.82) is 0 Å². The molecule has 1 atom stereocenters. The van der Waals surface area contributed by atoms with E-state index in [1.165, 1.54) is 25.7 Å². The van der Waals surface area contributed by atoms with Crippen molar-refractivity contribution in [1.82, 2.24) is 4.90 Å². The van der Waals surface area contributed by atoms with E-state index in [1.807, 2.05) is 20.2 Å². The predicted molar refractivity (Wildman–Crippen MR) is 81.5 cm³/mol. The smallest absolute Gasteiger partial charge is 0.331 e. The Kier molecular flexibility index (Phi) is 10.6. The molecular formula is C16H31NO2. The Morgan fingerprint density at radius 1 is 1.11 bits per heavy atom. The first-order valence-electron chi connectivity index (χ1n) is 7.63. The highest BCUT2D eigenvalue weighted by Gasteiger charge is 2.13. The molecule has 3 nitrogen and oxygen atoms in total. The number of aliphatic carboxylic acids is 1. The molecule has 1 unspecified atom stereocenters. The summed E-state index contributed by atoms with van der Waals surface area (Å²) in [6.45, 7) is 4.30. The average Bonchev–Trinajstić information content (AvgIpc) is 2.36. The topological polar surface area (TPSA) is 40.5 Å². The molecule has 0 heterocycles. The third-order valence-corrected chi connectivity index (χ3v) is 3.48. The van der Waals surface area contributed by atoms with Gasteiger partial charge in [0, 0.05) is 11.6 Å². The van der Waals surface area contributed by atoms with Gasteiger partial charge in [0.1, 0.15) is 0 Å². The number of unbranched alkanes of at least 4 members (excludes halogenated alkanes) is 4. The lowest BCUT2D eigenvalue weighted by atomic mass is 10.0. The highest BCUT2D eigenvalue weighted by molar-refractivity contribution is 5.86. The van der Waals surface area contributed by atoms with E-state index in [4.69, 9.17) is 0 Å². The molecule has 0 radical (unpaired) electrons. The molecule has 112 valence electrons. The molecule has 0 aliphatic heterocycles. The fourth-order valence-electron chi connectivity index (χ4n) is 2.13. The molecule has 0 aliphatic carbocycles. The fourth-order valence-corrected chi connectivity index (χ4v) is 2.13. The summed E-state index contributed by atoms with van der Waals surface area (Å²) in [5, 5.41) is 9.25. The lowest BCUT2D eigenvalue weighted by Gasteiger charge is -2.22. The Balaban J connectivity index is 4.51. The van der Waals surface area contributed by atoms with E-state index in [1.54, 1.807) is 0 Å². The Bertz CT molecular complexity index is 272. The van der Waals surface area contributed by atoms with Gasteiger partial charge in [0.2, 0.25) is 0 Å². The maximum absolute atomic E-state index is 11.3. The largest absolute Gasteiger partial charge is 0.478 e. The number of hydrogen-bond acceptors (Lipinski definition) is 2. The van der Waals surface area contributed by atoms with Crippen LogP contribution in [0.4, 0.5) is 0 Å². The third-order valence-electron chi connectivity index (χ3n) is 3.48. The van der Waals surface area contributed by atoms with Gasteiger partial charge in [-0.3, -0.25) is 0 Å². The van der Waals surface area contributed by atoms with Crippen LogP contribution >= 0.6 is 0 Å². The predicted octanol–water partition coefficient (Wildman–Crippen LogP) is 4.09. The molecule has 19 heavy (non-hydrogen) atoms. The highest BCUT2D eigenvalue weighted by atomic mass is 16.4. The molecule has 0 saturated carbocycles. The highest BCUT2D eigenvalue weighted by Crippen LogP contribution is 2.15. The average molecular weight is 269 g/mol. The second-order valence-corrected chi connectivity index (χ2v) is 5.48. The number of nitrogens with zero attached hydrogens (tertiary/aromatic N) is 1. The van der Waals surface area contributed by atoms with Crippen LogP contribution < -0.4 is 0 Å². The van der Waals surface area contributed by atoms with E-state index in [2.05, 4.69) is 18.7 Å². The van der Waals surface area contributed by atoms with Crippen LogP contribution in [-0.4, -0.2) is 36.1 Å². The molecule has 1 N–H and O–H groups in total. The van der Waals surface area contributed by atoms with Crippen molar-refractivity contribution in [2.45, 2.75) is 71.3 Å². The van der Waals surface area contributed by atoms with Crippen LogP contribution in [-0.2, 0) is 4.79 Å². The minimum Gasteiger partial charge on any atom is -0.478 e. The van der Waals surface area contributed by atoms with Crippen LogP contribution in [0.1, 0.15) is 65.2 Å². The zero-order valence-corrected chi connectivity index (χ0v) is 13.1. The van der Waals surface area contributed by atoms with Crippen LogP contribution in [0, 0.1) is 0 Å². The van der Waals surface area contributed by atoms with Gasteiger partial charge in [0.05, 0.1) is 0 Å². The van der Waals surface area contributed by atoms with E-state index in [0.717, 1.165) is 19.3 Å². The van der Waals surface area contributed by atoms with Gasteiger partial charge >= 0.3 is 5.97 Å². The maximum atomic E-state index is 11.3. The lowest BCUT2D eigenvalue weighted by molar-refractivity contribution is -0.132. The van der Waals surface area contributed by atoms with Crippen LogP contribution in [0.15, 0.2) is 11.6 Å². The molecule has 0 rings (SSSR count). The van der Waals surface area contributed by atoms with Gasteiger partial charge in [0.25, 0.3) is 0 Å². The summed E-state index contributed by atoms with van der Waals surface area (Å²) in [7, 11) is 4.06. The minimum absolute atomic E-state index is 0.250. The molecule has 0 fully saturated rings. The minimum atomic E-state index is -0.756. The summed E-state index contributed by atoms with van der Waals surface area (Å²) < 4.78 is 0. The number of hydrogen-bond donors (Lipinski definition) is 1. The first-order valence-corrected chi connectivity index (χ1v) is 7.63. The number of likely N-dealkylation sites (N-methyl/N-ethyl adjacent to an activating group) is 1. The lowest BCUT2D eigenvalue weighted by Crippen LogP contribution is -2.27. The van der Waals surface area contributed by atoms with Crippen molar-refractivity contribution in [3.8, 4) is 0 Å². The fraction of sp³-hybridized carbons (Fsp3) is 0.812. The van der Waals surface area contributed by atoms with Gasteiger partial charge < -0.3 is 10.0 Å². The number of carbonyl (C=O) groups is 1. The Morgan fingerprint density at radius 2 is 1.74 bits per heavy atom. The SMILES string of the molecule is CCCCCCC(/C=C(\CCCC)C(=O)O)N(C)C. The maximum Gasteiger partial charge on any atom is 0.331 e. The zero-order valence-electron chi connectivity index (χ0n) is 13.1. The van der Waals surface area contributed by atoms with Crippen molar-refractivity contribution in [3.63, 3.8) is 0 Å². The Hall–Kier alpha value is -0.830.